The molecule has 4 bridgehead atoms. The first-order valence-corrected chi connectivity index (χ1v) is 11.3. The smallest absolute Gasteiger partial charge is 0.325 e. The largest absolute Gasteiger partial charge is 0.354 e. The van der Waals surface area contributed by atoms with Gasteiger partial charge < -0.3 is 10.6 Å². The Kier molecular flexibility index (Phi) is 4.25. The predicted octanol–water partition coefficient (Wildman–Crippen LogP) is 2.96. The van der Waals surface area contributed by atoms with Crippen molar-refractivity contribution in [3.63, 3.8) is 0 Å². The maximum absolute atomic E-state index is 12.9. The van der Waals surface area contributed by atoms with Crippen LogP contribution in [0.1, 0.15) is 77.6 Å². The second-order valence-corrected chi connectivity index (χ2v) is 10.5. The molecule has 28 heavy (non-hydrogen) atoms. The molecule has 1 heterocycles. The van der Waals surface area contributed by atoms with Crippen molar-refractivity contribution in [2.24, 2.45) is 23.2 Å². The zero-order valence-electron chi connectivity index (χ0n) is 17.0. The number of nitrogens with zero attached hydrogens (tertiary/aromatic N) is 1. The van der Waals surface area contributed by atoms with Crippen molar-refractivity contribution in [3.05, 3.63) is 0 Å². The summed E-state index contributed by atoms with van der Waals surface area (Å²) in [5.74, 6) is 2.32. The van der Waals surface area contributed by atoms with Crippen molar-refractivity contribution in [1.29, 1.82) is 0 Å². The van der Waals surface area contributed by atoms with E-state index in [1.54, 1.807) is 6.92 Å². The van der Waals surface area contributed by atoms with Crippen molar-refractivity contribution in [3.8, 4) is 0 Å². The fourth-order valence-electron chi connectivity index (χ4n) is 7.62. The summed E-state index contributed by atoms with van der Waals surface area (Å²) < 4.78 is 0. The molecule has 6 fully saturated rings. The van der Waals surface area contributed by atoms with Gasteiger partial charge in [0, 0.05) is 6.54 Å². The Hall–Kier alpha value is -1.59. The molecule has 6 aliphatic rings. The Morgan fingerprint density at radius 2 is 1.68 bits per heavy atom. The Morgan fingerprint density at radius 1 is 1.11 bits per heavy atom. The number of rotatable bonds is 5. The van der Waals surface area contributed by atoms with Crippen molar-refractivity contribution in [2.45, 2.75) is 89.1 Å². The van der Waals surface area contributed by atoms with Gasteiger partial charge in [0.05, 0.1) is 0 Å². The molecule has 6 rings (SSSR count). The number of nitrogens with one attached hydrogen (secondary N) is 2. The molecule has 0 aromatic heterocycles. The topological polar surface area (TPSA) is 78.5 Å². The third kappa shape index (κ3) is 2.86. The van der Waals surface area contributed by atoms with Gasteiger partial charge in [0.1, 0.15) is 11.6 Å². The first-order chi connectivity index (χ1) is 13.4. The molecule has 1 unspecified atom stereocenters. The van der Waals surface area contributed by atoms with Crippen LogP contribution in [-0.4, -0.2) is 40.9 Å². The van der Waals surface area contributed by atoms with Crippen LogP contribution >= 0.6 is 0 Å². The van der Waals surface area contributed by atoms with Crippen LogP contribution < -0.4 is 10.6 Å². The number of carbonyl (C=O) groups is 3. The molecular formula is C22H33N3O3. The van der Waals surface area contributed by atoms with Gasteiger partial charge in [-0.2, -0.15) is 0 Å². The van der Waals surface area contributed by atoms with Crippen LogP contribution in [0.2, 0.25) is 0 Å². The Morgan fingerprint density at radius 3 is 2.25 bits per heavy atom. The standard InChI is InChI=1S/C22H33N3O3/c1-14(25-19(27)22(24-20(25)28)4-2-3-5-22)18(26)23-7-6-21-11-15-8-16(12-21)10-17(9-15)13-21/h14-17H,2-13H2,1H3,(H,23,26)(H,24,28). The third-order valence-corrected chi connectivity index (χ3v) is 8.54. The molecule has 1 saturated heterocycles. The Labute approximate surface area is 167 Å². The molecule has 6 nitrogen and oxygen atoms in total. The SMILES string of the molecule is CC(C(=O)NCCC12CC3CC(CC(C3)C1)C2)N1C(=O)NC2(CCCC2)C1=O. The van der Waals surface area contributed by atoms with E-state index in [9.17, 15) is 14.4 Å². The van der Waals surface area contributed by atoms with E-state index in [1.165, 1.54) is 38.5 Å². The van der Waals surface area contributed by atoms with Crippen molar-refractivity contribution in [1.82, 2.24) is 15.5 Å². The lowest BCUT2D eigenvalue weighted by molar-refractivity contribution is -0.138. The van der Waals surface area contributed by atoms with Crippen LogP contribution in [0, 0.1) is 23.2 Å². The van der Waals surface area contributed by atoms with Gasteiger partial charge in [-0.1, -0.05) is 12.8 Å². The highest BCUT2D eigenvalue weighted by molar-refractivity contribution is 6.09. The lowest BCUT2D eigenvalue weighted by atomic mass is 9.49. The van der Waals surface area contributed by atoms with E-state index in [2.05, 4.69) is 10.6 Å². The molecule has 5 aliphatic carbocycles. The maximum atomic E-state index is 12.9. The summed E-state index contributed by atoms with van der Waals surface area (Å²) in [4.78, 5) is 39.1. The minimum atomic E-state index is -0.746. The number of carbonyl (C=O) groups excluding carboxylic acids is 3. The van der Waals surface area contributed by atoms with Gasteiger partial charge in [-0.25, -0.2) is 9.69 Å². The number of amides is 4. The summed E-state index contributed by atoms with van der Waals surface area (Å²) in [5.41, 5.74) is -0.315. The third-order valence-electron chi connectivity index (χ3n) is 8.54. The molecule has 6 heteroatoms. The average Bonchev–Trinajstić information content (AvgIpc) is 3.18. The van der Waals surface area contributed by atoms with E-state index in [4.69, 9.17) is 0 Å². The highest BCUT2D eigenvalue weighted by atomic mass is 16.2. The van der Waals surface area contributed by atoms with Crippen LogP contribution in [-0.2, 0) is 9.59 Å². The molecule has 5 saturated carbocycles. The van der Waals surface area contributed by atoms with Crippen molar-refractivity contribution in [2.75, 3.05) is 6.54 Å². The average molecular weight is 388 g/mol. The summed E-state index contributed by atoms with van der Waals surface area (Å²) in [7, 11) is 0. The summed E-state index contributed by atoms with van der Waals surface area (Å²) in [5, 5.41) is 5.91. The molecule has 4 amide bonds. The Balaban J connectivity index is 1.17. The quantitative estimate of drug-likeness (QED) is 0.712. The van der Waals surface area contributed by atoms with E-state index in [1.807, 2.05) is 0 Å². The van der Waals surface area contributed by atoms with Crippen LogP contribution in [0.15, 0.2) is 0 Å². The van der Waals surface area contributed by atoms with E-state index in [0.717, 1.165) is 41.9 Å². The number of hydrogen-bond donors (Lipinski definition) is 2. The van der Waals surface area contributed by atoms with Crippen molar-refractivity contribution < 1.29 is 14.4 Å². The van der Waals surface area contributed by atoms with E-state index < -0.39 is 17.6 Å². The predicted molar refractivity (Wildman–Crippen MR) is 104 cm³/mol. The lowest BCUT2D eigenvalue weighted by Gasteiger charge is -2.57. The molecule has 0 aromatic carbocycles. The summed E-state index contributed by atoms with van der Waals surface area (Å²) >= 11 is 0. The fraction of sp³-hybridized carbons (Fsp3) is 0.864. The molecule has 154 valence electrons. The van der Waals surface area contributed by atoms with E-state index >= 15 is 0 Å². The van der Waals surface area contributed by atoms with E-state index in [0.29, 0.717) is 24.8 Å². The zero-order chi connectivity index (χ0) is 19.5. The zero-order valence-corrected chi connectivity index (χ0v) is 17.0. The highest BCUT2D eigenvalue weighted by Crippen LogP contribution is 2.61. The van der Waals surface area contributed by atoms with Gasteiger partial charge in [-0.3, -0.25) is 9.59 Å². The van der Waals surface area contributed by atoms with Gasteiger partial charge in [-0.15, -0.1) is 0 Å². The molecule has 0 radical (unpaired) electrons. The van der Waals surface area contributed by atoms with Gasteiger partial charge >= 0.3 is 6.03 Å². The lowest BCUT2D eigenvalue weighted by Crippen LogP contribution is -2.51. The highest BCUT2D eigenvalue weighted by Gasteiger charge is 2.55. The van der Waals surface area contributed by atoms with E-state index in [-0.39, 0.29) is 11.8 Å². The van der Waals surface area contributed by atoms with Crippen LogP contribution in [0.3, 0.4) is 0 Å². The minimum Gasteiger partial charge on any atom is -0.354 e. The molecule has 1 atom stereocenters. The fourth-order valence-corrected chi connectivity index (χ4v) is 7.62. The molecular weight excluding hydrogens is 354 g/mol. The van der Waals surface area contributed by atoms with Crippen molar-refractivity contribution >= 4 is 17.8 Å². The molecule has 1 spiro atoms. The summed E-state index contributed by atoms with van der Waals surface area (Å²) in [6.45, 7) is 2.33. The molecule has 0 aromatic rings. The number of hydrogen-bond acceptors (Lipinski definition) is 3. The Bertz CT molecular complexity index is 662. The first kappa shape index (κ1) is 18.4. The van der Waals surface area contributed by atoms with Gasteiger partial charge in [0.25, 0.3) is 5.91 Å². The van der Waals surface area contributed by atoms with Crippen LogP contribution in [0.25, 0.3) is 0 Å². The summed E-state index contributed by atoms with van der Waals surface area (Å²) in [6, 6.07) is -1.15. The summed E-state index contributed by atoms with van der Waals surface area (Å²) in [6.07, 6.45) is 12.6. The number of urea groups is 1. The minimum absolute atomic E-state index is 0.205. The van der Waals surface area contributed by atoms with Gasteiger partial charge in [0.15, 0.2) is 0 Å². The monoisotopic (exact) mass is 387 g/mol. The molecule has 2 N–H and O–H groups in total. The van der Waals surface area contributed by atoms with Crippen LogP contribution in [0.5, 0.6) is 0 Å². The second-order valence-electron chi connectivity index (χ2n) is 10.5. The molecule has 1 aliphatic heterocycles. The van der Waals surface area contributed by atoms with Crippen LogP contribution in [0.4, 0.5) is 4.79 Å². The van der Waals surface area contributed by atoms with Gasteiger partial charge in [0.2, 0.25) is 5.91 Å². The number of imide groups is 1. The maximum Gasteiger partial charge on any atom is 0.325 e. The first-order valence-electron chi connectivity index (χ1n) is 11.3. The second kappa shape index (κ2) is 6.46. The normalized spacial score (nSPS) is 38.9. The van der Waals surface area contributed by atoms with Gasteiger partial charge in [-0.05, 0) is 87.9 Å².